The lowest BCUT2D eigenvalue weighted by atomic mass is 9.87. The maximum atomic E-state index is 12.4. The maximum absolute atomic E-state index is 12.4. The number of nitrogens with zero attached hydrogens (tertiary/aromatic N) is 2. The van der Waals surface area contributed by atoms with Gasteiger partial charge >= 0.3 is 0 Å². The van der Waals surface area contributed by atoms with Crippen LogP contribution in [0.1, 0.15) is 35.0 Å². The standard InChI is InChI=1S/C18H19ClN2O2/c19-15-6-4-13(5-7-15)17(22)14-8-11-21(12-9-14)18(23)16-3-1-2-10-20-16/h1-7,10,14,17,22H,8-9,11-12H2/t17-/m1/s1. The van der Waals surface area contributed by atoms with Crippen LogP contribution in [0, 0.1) is 5.92 Å². The molecule has 0 radical (unpaired) electrons. The molecule has 0 unspecified atom stereocenters. The molecule has 1 N–H and O–H groups in total. The van der Waals surface area contributed by atoms with Crippen LogP contribution in [-0.2, 0) is 0 Å². The normalized spacial score (nSPS) is 17.0. The molecule has 0 spiro atoms. The monoisotopic (exact) mass is 330 g/mol. The predicted octanol–water partition coefficient (Wildman–Crippen LogP) is 3.32. The van der Waals surface area contributed by atoms with Crippen LogP contribution in [0.4, 0.5) is 0 Å². The molecule has 23 heavy (non-hydrogen) atoms. The highest BCUT2D eigenvalue weighted by atomic mass is 35.5. The van der Waals surface area contributed by atoms with Crippen LogP contribution >= 0.6 is 11.6 Å². The molecule has 2 heterocycles. The summed E-state index contributed by atoms with van der Waals surface area (Å²) < 4.78 is 0. The highest BCUT2D eigenvalue weighted by Gasteiger charge is 2.28. The van der Waals surface area contributed by atoms with E-state index in [2.05, 4.69) is 4.98 Å². The Hall–Kier alpha value is -1.91. The molecule has 4 nitrogen and oxygen atoms in total. The Morgan fingerprint density at radius 2 is 1.87 bits per heavy atom. The number of rotatable bonds is 3. The minimum absolute atomic E-state index is 0.0370. The van der Waals surface area contributed by atoms with E-state index in [4.69, 9.17) is 11.6 Å². The Morgan fingerprint density at radius 3 is 2.48 bits per heavy atom. The zero-order valence-electron chi connectivity index (χ0n) is 12.7. The van der Waals surface area contributed by atoms with Crippen molar-refractivity contribution in [2.45, 2.75) is 18.9 Å². The highest BCUT2D eigenvalue weighted by molar-refractivity contribution is 6.30. The van der Waals surface area contributed by atoms with Crippen molar-refractivity contribution in [3.05, 3.63) is 64.9 Å². The molecule has 1 atom stereocenters. The van der Waals surface area contributed by atoms with E-state index in [0.717, 1.165) is 18.4 Å². The lowest BCUT2D eigenvalue weighted by Gasteiger charge is -2.34. The van der Waals surface area contributed by atoms with Gasteiger partial charge in [0, 0.05) is 24.3 Å². The average Bonchev–Trinajstić information content (AvgIpc) is 2.62. The molecule has 1 fully saturated rings. The first-order valence-electron chi connectivity index (χ1n) is 7.79. The summed E-state index contributed by atoms with van der Waals surface area (Å²) in [6.07, 6.45) is 2.68. The summed E-state index contributed by atoms with van der Waals surface area (Å²) in [6, 6.07) is 12.6. The molecule has 120 valence electrons. The Kier molecular flexibility index (Phi) is 4.94. The minimum Gasteiger partial charge on any atom is -0.388 e. The molecule has 0 aliphatic carbocycles. The van der Waals surface area contributed by atoms with Gasteiger partial charge in [0.2, 0.25) is 0 Å². The quantitative estimate of drug-likeness (QED) is 0.939. The summed E-state index contributed by atoms with van der Waals surface area (Å²) >= 11 is 5.88. The second-order valence-electron chi connectivity index (χ2n) is 5.84. The molecule has 1 aromatic carbocycles. The first kappa shape index (κ1) is 16.0. The molecular weight excluding hydrogens is 312 g/mol. The topological polar surface area (TPSA) is 53.4 Å². The highest BCUT2D eigenvalue weighted by Crippen LogP contribution is 2.31. The van der Waals surface area contributed by atoms with Gasteiger partial charge in [-0.05, 0) is 48.6 Å². The average molecular weight is 331 g/mol. The Labute approximate surface area is 140 Å². The van der Waals surface area contributed by atoms with E-state index < -0.39 is 6.10 Å². The lowest BCUT2D eigenvalue weighted by molar-refractivity contribution is 0.0458. The number of hydrogen-bond donors (Lipinski definition) is 1. The SMILES string of the molecule is O=C(c1ccccn1)N1CCC([C@H](O)c2ccc(Cl)cc2)CC1. The van der Waals surface area contributed by atoms with Crippen LogP contribution in [-0.4, -0.2) is 34.0 Å². The van der Waals surface area contributed by atoms with Gasteiger partial charge in [-0.15, -0.1) is 0 Å². The third kappa shape index (κ3) is 3.71. The van der Waals surface area contributed by atoms with Crippen molar-refractivity contribution in [3.8, 4) is 0 Å². The minimum atomic E-state index is -0.514. The second kappa shape index (κ2) is 7.11. The van der Waals surface area contributed by atoms with Crippen LogP contribution < -0.4 is 0 Å². The number of hydrogen-bond acceptors (Lipinski definition) is 3. The molecule has 0 saturated carbocycles. The Balaban J connectivity index is 1.60. The van der Waals surface area contributed by atoms with Gasteiger partial charge in [0.1, 0.15) is 5.69 Å². The molecule has 0 bridgehead atoms. The molecular formula is C18H19ClN2O2. The van der Waals surface area contributed by atoms with E-state index in [1.807, 2.05) is 23.1 Å². The summed E-state index contributed by atoms with van der Waals surface area (Å²) in [4.78, 5) is 18.3. The van der Waals surface area contributed by atoms with E-state index >= 15 is 0 Å². The van der Waals surface area contributed by atoms with Crippen LogP contribution in [0.3, 0.4) is 0 Å². The first-order chi connectivity index (χ1) is 11.1. The van der Waals surface area contributed by atoms with Gasteiger partial charge in [-0.3, -0.25) is 9.78 Å². The summed E-state index contributed by atoms with van der Waals surface area (Å²) in [5.74, 6) is 0.119. The van der Waals surface area contributed by atoms with Gasteiger partial charge in [-0.25, -0.2) is 0 Å². The van der Waals surface area contributed by atoms with Gasteiger partial charge in [0.15, 0.2) is 0 Å². The van der Waals surface area contributed by atoms with Gasteiger partial charge in [0.05, 0.1) is 6.10 Å². The maximum Gasteiger partial charge on any atom is 0.272 e. The first-order valence-corrected chi connectivity index (χ1v) is 8.17. The zero-order chi connectivity index (χ0) is 16.2. The number of aromatic nitrogens is 1. The summed E-state index contributed by atoms with van der Waals surface area (Å²) in [6.45, 7) is 1.29. The third-order valence-electron chi connectivity index (χ3n) is 4.37. The summed E-state index contributed by atoms with van der Waals surface area (Å²) in [5.41, 5.74) is 1.35. The van der Waals surface area contributed by atoms with Gasteiger partial charge < -0.3 is 10.0 Å². The fourth-order valence-corrected chi connectivity index (χ4v) is 3.13. The number of pyridine rings is 1. The van der Waals surface area contributed by atoms with Gasteiger partial charge in [-0.2, -0.15) is 0 Å². The fourth-order valence-electron chi connectivity index (χ4n) is 3.00. The summed E-state index contributed by atoms with van der Waals surface area (Å²) in [5, 5.41) is 11.2. The number of carbonyl (C=O) groups excluding carboxylic acids is 1. The van der Waals surface area contributed by atoms with E-state index in [9.17, 15) is 9.90 Å². The van der Waals surface area contributed by atoms with Crippen molar-refractivity contribution in [2.24, 2.45) is 5.92 Å². The van der Waals surface area contributed by atoms with E-state index in [1.165, 1.54) is 0 Å². The predicted molar refractivity (Wildman–Crippen MR) is 89.3 cm³/mol. The molecule has 5 heteroatoms. The van der Waals surface area contributed by atoms with Crippen LogP contribution in [0.15, 0.2) is 48.7 Å². The Morgan fingerprint density at radius 1 is 1.17 bits per heavy atom. The van der Waals surface area contributed by atoms with Crippen molar-refractivity contribution in [1.29, 1.82) is 0 Å². The van der Waals surface area contributed by atoms with Crippen LogP contribution in [0.2, 0.25) is 5.02 Å². The Bertz CT molecular complexity index is 652. The zero-order valence-corrected chi connectivity index (χ0v) is 13.5. The van der Waals surface area contributed by atoms with Gasteiger partial charge in [0.25, 0.3) is 5.91 Å². The molecule has 3 rings (SSSR count). The fraction of sp³-hybridized carbons (Fsp3) is 0.333. The molecule has 2 aromatic rings. The number of piperidine rings is 1. The molecule has 1 aliphatic heterocycles. The number of benzene rings is 1. The molecule has 1 aromatic heterocycles. The van der Waals surface area contributed by atoms with E-state index in [0.29, 0.717) is 23.8 Å². The van der Waals surface area contributed by atoms with Crippen molar-refractivity contribution < 1.29 is 9.90 Å². The molecule has 1 aliphatic rings. The smallest absolute Gasteiger partial charge is 0.272 e. The number of aliphatic hydroxyl groups excluding tert-OH is 1. The second-order valence-corrected chi connectivity index (χ2v) is 6.28. The van der Waals surface area contributed by atoms with Crippen LogP contribution in [0.25, 0.3) is 0 Å². The number of halogens is 1. The van der Waals surface area contributed by atoms with E-state index in [-0.39, 0.29) is 11.8 Å². The molecule has 1 amide bonds. The number of carbonyl (C=O) groups is 1. The number of likely N-dealkylation sites (tertiary alicyclic amines) is 1. The number of aliphatic hydroxyl groups is 1. The third-order valence-corrected chi connectivity index (χ3v) is 4.62. The molecule has 1 saturated heterocycles. The van der Waals surface area contributed by atoms with Crippen molar-refractivity contribution in [1.82, 2.24) is 9.88 Å². The van der Waals surface area contributed by atoms with E-state index in [1.54, 1.807) is 30.5 Å². The number of amides is 1. The summed E-state index contributed by atoms with van der Waals surface area (Å²) in [7, 11) is 0. The van der Waals surface area contributed by atoms with Gasteiger partial charge in [-0.1, -0.05) is 29.8 Å². The van der Waals surface area contributed by atoms with Crippen molar-refractivity contribution in [3.63, 3.8) is 0 Å². The van der Waals surface area contributed by atoms with Crippen molar-refractivity contribution >= 4 is 17.5 Å². The largest absolute Gasteiger partial charge is 0.388 e. The van der Waals surface area contributed by atoms with Crippen molar-refractivity contribution in [2.75, 3.05) is 13.1 Å². The lowest BCUT2D eigenvalue weighted by Crippen LogP contribution is -2.40. The van der Waals surface area contributed by atoms with Crippen LogP contribution in [0.5, 0.6) is 0 Å².